The lowest BCUT2D eigenvalue weighted by molar-refractivity contribution is -0.117. The molecule has 0 fully saturated rings. The molecule has 1 N–H and O–H groups in total. The number of amides is 2. The lowest BCUT2D eigenvalue weighted by Crippen LogP contribution is -2.32. The molecular formula is C18H14FN3O4S. The largest absolute Gasteiger partial charge is 0.453 e. The van der Waals surface area contributed by atoms with E-state index < -0.39 is 17.8 Å². The molecule has 0 aliphatic rings. The van der Waals surface area contributed by atoms with Gasteiger partial charge in [0.2, 0.25) is 5.91 Å². The minimum absolute atomic E-state index is 0.166. The van der Waals surface area contributed by atoms with Crippen LogP contribution in [-0.2, 0) is 9.53 Å². The maximum Gasteiger partial charge on any atom is 0.413 e. The van der Waals surface area contributed by atoms with Gasteiger partial charge in [0.1, 0.15) is 5.82 Å². The first kappa shape index (κ1) is 18.6. The van der Waals surface area contributed by atoms with Crippen molar-refractivity contribution in [3.8, 4) is 5.69 Å². The molecule has 0 bridgehead atoms. The molecule has 3 rings (SSSR count). The van der Waals surface area contributed by atoms with Crippen molar-refractivity contribution in [3.63, 3.8) is 0 Å². The molecule has 1 aromatic heterocycles. The second-order valence-electron chi connectivity index (χ2n) is 5.36. The number of hydrogen-bond donors (Lipinski definition) is 1. The van der Waals surface area contributed by atoms with Crippen LogP contribution in [0.25, 0.3) is 16.6 Å². The van der Waals surface area contributed by atoms with E-state index in [1.807, 2.05) is 5.32 Å². The number of thioether (sulfide) groups is 1. The number of nitrogens with one attached hydrogen (secondary N) is 1. The molecule has 0 aliphatic carbocycles. The molecule has 0 saturated carbocycles. The normalized spacial score (nSPS) is 10.6. The van der Waals surface area contributed by atoms with Gasteiger partial charge in [-0.2, -0.15) is 0 Å². The molecule has 0 radical (unpaired) electrons. The number of methoxy groups -OCH3 is 1. The Labute approximate surface area is 157 Å². The van der Waals surface area contributed by atoms with E-state index in [4.69, 9.17) is 0 Å². The quantitative estimate of drug-likeness (QED) is 0.546. The average Bonchev–Trinajstić information content (AvgIpc) is 2.67. The molecule has 2 amide bonds. The van der Waals surface area contributed by atoms with Crippen molar-refractivity contribution in [1.82, 2.24) is 14.9 Å². The number of nitrogens with zero attached hydrogens (tertiary/aromatic N) is 2. The third kappa shape index (κ3) is 4.14. The highest BCUT2D eigenvalue weighted by atomic mass is 32.2. The highest BCUT2D eigenvalue weighted by molar-refractivity contribution is 7.99. The van der Waals surface area contributed by atoms with Gasteiger partial charge < -0.3 is 4.74 Å². The summed E-state index contributed by atoms with van der Waals surface area (Å²) < 4.78 is 18.9. The Hall–Kier alpha value is -3.20. The second kappa shape index (κ2) is 8.00. The van der Waals surface area contributed by atoms with Crippen molar-refractivity contribution in [1.29, 1.82) is 0 Å². The Kier molecular flexibility index (Phi) is 5.51. The van der Waals surface area contributed by atoms with Crippen LogP contribution >= 0.6 is 11.8 Å². The fourth-order valence-corrected chi connectivity index (χ4v) is 3.17. The zero-order valence-corrected chi connectivity index (χ0v) is 15.0. The lowest BCUT2D eigenvalue weighted by Gasteiger charge is -2.13. The number of hydrogen-bond acceptors (Lipinski definition) is 6. The van der Waals surface area contributed by atoms with Gasteiger partial charge in [-0.25, -0.2) is 14.2 Å². The summed E-state index contributed by atoms with van der Waals surface area (Å²) in [5.74, 6) is -1.20. The third-order valence-electron chi connectivity index (χ3n) is 3.59. The molecule has 138 valence electrons. The summed E-state index contributed by atoms with van der Waals surface area (Å²) in [6, 6.07) is 12.2. The van der Waals surface area contributed by atoms with Crippen LogP contribution in [0.3, 0.4) is 0 Å². The Morgan fingerprint density at radius 1 is 1.19 bits per heavy atom. The van der Waals surface area contributed by atoms with E-state index in [9.17, 15) is 18.8 Å². The Morgan fingerprint density at radius 3 is 2.59 bits per heavy atom. The number of alkyl carbamates (subject to hydrolysis) is 1. The first-order valence-corrected chi connectivity index (χ1v) is 8.76. The second-order valence-corrected chi connectivity index (χ2v) is 6.30. The molecule has 0 aliphatic heterocycles. The molecule has 2 aromatic carbocycles. The van der Waals surface area contributed by atoms with E-state index >= 15 is 0 Å². The molecule has 3 aromatic rings. The topological polar surface area (TPSA) is 90.3 Å². The molecule has 9 heteroatoms. The van der Waals surface area contributed by atoms with E-state index in [0.29, 0.717) is 16.6 Å². The van der Waals surface area contributed by atoms with Crippen LogP contribution in [0.2, 0.25) is 0 Å². The zero-order valence-electron chi connectivity index (χ0n) is 14.1. The number of fused-ring (bicyclic) bond motifs is 1. The molecule has 1 heterocycles. The fraction of sp³-hybridized carbons (Fsp3) is 0.111. The number of benzene rings is 2. The van der Waals surface area contributed by atoms with Gasteiger partial charge in [-0.3, -0.25) is 19.5 Å². The van der Waals surface area contributed by atoms with Crippen LogP contribution in [0.1, 0.15) is 0 Å². The van der Waals surface area contributed by atoms with Gasteiger partial charge in [0.15, 0.2) is 5.16 Å². The highest BCUT2D eigenvalue weighted by Gasteiger charge is 2.15. The molecule has 7 nitrogen and oxygen atoms in total. The fourth-order valence-electron chi connectivity index (χ4n) is 2.36. The van der Waals surface area contributed by atoms with Crippen LogP contribution in [-0.4, -0.2) is 34.4 Å². The number of aromatic nitrogens is 2. The number of imide groups is 1. The van der Waals surface area contributed by atoms with Gasteiger partial charge in [-0.05, 0) is 36.4 Å². The number of rotatable bonds is 4. The van der Waals surface area contributed by atoms with Gasteiger partial charge in [0, 0.05) is 0 Å². The smallest absolute Gasteiger partial charge is 0.413 e. The maximum absolute atomic E-state index is 13.3. The summed E-state index contributed by atoms with van der Waals surface area (Å²) in [7, 11) is 1.15. The Balaban J connectivity index is 2.03. The summed E-state index contributed by atoms with van der Waals surface area (Å²) in [4.78, 5) is 40.3. The standard InChI is InChI=1S/C18H14FN3O4S/c1-26-18(25)21-15(23)10-27-17-20-14-5-3-2-4-13(14)16(24)22(17)12-8-6-11(19)7-9-12/h2-9H,10H2,1H3,(H,21,23,25). The van der Waals surface area contributed by atoms with Crippen LogP contribution in [0.5, 0.6) is 0 Å². The van der Waals surface area contributed by atoms with Crippen molar-refractivity contribution < 1.29 is 18.7 Å². The highest BCUT2D eigenvalue weighted by Crippen LogP contribution is 2.21. The third-order valence-corrected chi connectivity index (χ3v) is 4.53. The minimum atomic E-state index is -0.872. The molecule has 0 saturated heterocycles. The SMILES string of the molecule is COC(=O)NC(=O)CSc1nc2ccccc2c(=O)n1-c1ccc(F)cc1. The van der Waals surface area contributed by atoms with Gasteiger partial charge >= 0.3 is 6.09 Å². The summed E-state index contributed by atoms with van der Waals surface area (Å²) in [5.41, 5.74) is 0.537. The summed E-state index contributed by atoms with van der Waals surface area (Å²) >= 11 is 0.974. The molecule has 27 heavy (non-hydrogen) atoms. The number of carbonyl (C=O) groups is 2. The van der Waals surface area contributed by atoms with Crippen LogP contribution in [0, 0.1) is 5.82 Å². The maximum atomic E-state index is 13.3. The van der Waals surface area contributed by atoms with E-state index in [0.717, 1.165) is 18.9 Å². The van der Waals surface area contributed by atoms with E-state index in [1.165, 1.54) is 28.8 Å². The number of halogens is 1. The molecule has 0 spiro atoms. The van der Waals surface area contributed by atoms with Crippen LogP contribution in [0.4, 0.5) is 9.18 Å². The van der Waals surface area contributed by atoms with Crippen molar-refractivity contribution in [2.45, 2.75) is 5.16 Å². The van der Waals surface area contributed by atoms with Gasteiger partial charge in [-0.1, -0.05) is 23.9 Å². The van der Waals surface area contributed by atoms with Crippen LogP contribution < -0.4 is 10.9 Å². The van der Waals surface area contributed by atoms with Gasteiger partial charge in [0.25, 0.3) is 5.56 Å². The summed E-state index contributed by atoms with van der Waals surface area (Å²) in [5, 5.41) is 2.67. The molecule has 0 unspecified atom stereocenters. The van der Waals surface area contributed by atoms with E-state index in [-0.39, 0.29) is 16.5 Å². The Morgan fingerprint density at radius 2 is 1.89 bits per heavy atom. The molecule has 0 atom stereocenters. The van der Waals surface area contributed by atoms with Crippen LogP contribution in [0.15, 0.2) is 58.5 Å². The van der Waals surface area contributed by atoms with Gasteiger partial charge in [0.05, 0.1) is 29.5 Å². The minimum Gasteiger partial charge on any atom is -0.453 e. The first-order chi connectivity index (χ1) is 13.0. The zero-order chi connectivity index (χ0) is 19.4. The summed E-state index contributed by atoms with van der Waals surface area (Å²) in [6.07, 6.45) is -0.872. The molecular weight excluding hydrogens is 373 g/mol. The summed E-state index contributed by atoms with van der Waals surface area (Å²) in [6.45, 7) is 0. The number of carbonyl (C=O) groups excluding carboxylic acids is 2. The van der Waals surface area contributed by atoms with Crippen molar-refractivity contribution in [2.75, 3.05) is 12.9 Å². The number of para-hydroxylation sites is 1. The predicted molar refractivity (Wildman–Crippen MR) is 98.6 cm³/mol. The van der Waals surface area contributed by atoms with E-state index in [1.54, 1.807) is 24.3 Å². The van der Waals surface area contributed by atoms with Crippen molar-refractivity contribution >= 4 is 34.7 Å². The first-order valence-electron chi connectivity index (χ1n) is 7.78. The average molecular weight is 387 g/mol. The lowest BCUT2D eigenvalue weighted by atomic mass is 10.2. The van der Waals surface area contributed by atoms with E-state index in [2.05, 4.69) is 9.72 Å². The Bertz CT molecular complexity index is 1070. The predicted octanol–water partition coefficient (Wildman–Crippen LogP) is 2.50. The van der Waals surface area contributed by atoms with Gasteiger partial charge in [-0.15, -0.1) is 0 Å². The number of ether oxygens (including phenoxy) is 1. The van der Waals surface area contributed by atoms with Crippen molar-refractivity contribution in [3.05, 3.63) is 64.7 Å². The monoisotopic (exact) mass is 387 g/mol. The van der Waals surface area contributed by atoms with Crippen molar-refractivity contribution in [2.24, 2.45) is 0 Å².